The minimum Gasteiger partial charge on any atom is -1.00 e. The Morgan fingerprint density at radius 3 is 2.28 bits per heavy atom. The van der Waals surface area contributed by atoms with E-state index in [1.807, 2.05) is 60.7 Å². The van der Waals surface area contributed by atoms with Crippen molar-refractivity contribution in [2.45, 2.75) is 25.0 Å². The molecule has 0 aromatic heterocycles. The van der Waals surface area contributed by atoms with Crippen molar-refractivity contribution in [3.63, 3.8) is 0 Å². The summed E-state index contributed by atoms with van der Waals surface area (Å²) in [7, 11) is 0. The van der Waals surface area contributed by atoms with Crippen LogP contribution in [0.2, 0.25) is 0 Å². The van der Waals surface area contributed by atoms with E-state index in [4.69, 9.17) is 4.74 Å². The van der Waals surface area contributed by atoms with Crippen molar-refractivity contribution >= 4 is 17.4 Å². The molecule has 3 aromatic carbocycles. The van der Waals surface area contributed by atoms with Crippen LogP contribution in [-0.4, -0.2) is 48.5 Å². The first-order valence-corrected chi connectivity index (χ1v) is 12.2. The highest BCUT2D eigenvalue weighted by atomic mass is 79.9. The normalized spacial score (nSPS) is 23.2. The van der Waals surface area contributed by atoms with Crippen LogP contribution in [0, 0.1) is 11.7 Å². The molecule has 5 nitrogen and oxygen atoms in total. The van der Waals surface area contributed by atoms with E-state index in [-0.39, 0.29) is 34.8 Å². The molecule has 0 amide bonds. The van der Waals surface area contributed by atoms with E-state index in [9.17, 15) is 14.0 Å². The van der Waals surface area contributed by atoms with E-state index < -0.39 is 11.9 Å². The lowest BCUT2D eigenvalue weighted by molar-refractivity contribution is -0.938. The molecular formula is C29H30BrFN2O3. The molecule has 0 spiro atoms. The second kappa shape index (κ2) is 11.4. The fourth-order valence-corrected chi connectivity index (χ4v) is 5.48. The Morgan fingerprint density at radius 1 is 0.944 bits per heavy atom. The molecule has 1 unspecified atom stereocenters. The number of hydrogen-bond donors (Lipinski definition) is 1. The molecular weight excluding hydrogens is 523 g/mol. The van der Waals surface area contributed by atoms with E-state index in [2.05, 4.69) is 5.32 Å². The van der Waals surface area contributed by atoms with Crippen LogP contribution < -0.4 is 22.3 Å². The van der Waals surface area contributed by atoms with Crippen LogP contribution in [0.5, 0.6) is 0 Å². The molecule has 3 heterocycles. The number of para-hydroxylation sites is 1. The van der Waals surface area contributed by atoms with Crippen molar-refractivity contribution in [3.8, 4) is 0 Å². The second-order valence-electron chi connectivity index (χ2n) is 9.73. The Kier molecular flexibility index (Phi) is 8.21. The van der Waals surface area contributed by atoms with E-state index in [1.165, 1.54) is 12.1 Å². The number of benzene rings is 3. The van der Waals surface area contributed by atoms with E-state index in [0.717, 1.165) is 37.2 Å². The van der Waals surface area contributed by atoms with Gasteiger partial charge in [0.05, 0.1) is 13.1 Å². The van der Waals surface area contributed by atoms with Crippen LogP contribution in [0.25, 0.3) is 0 Å². The molecule has 3 aliphatic heterocycles. The maximum Gasteiger partial charge on any atom is 0.333 e. The molecule has 6 rings (SSSR count). The Balaban J connectivity index is 0.00000304. The number of piperidine rings is 3. The molecule has 36 heavy (non-hydrogen) atoms. The lowest BCUT2D eigenvalue weighted by Crippen LogP contribution is -3.00. The topological polar surface area (TPSA) is 55.4 Å². The van der Waals surface area contributed by atoms with E-state index >= 15 is 0 Å². The summed E-state index contributed by atoms with van der Waals surface area (Å²) in [4.78, 5) is 26.4. The number of carbonyl (C=O) groups is 2. The average Bonchev–Trinajstić information content (AvgIpc) is 2.89. The SMILES string of the molecule is O=C(C[N+]12CCC(CC1)[C@@H](OC(=O)C(Nc1ccccc1)c1ccccc1)C2)c1cccc(F)c1.[Br-]. The third kappa shape index (κ3) is 5.85. The Hall–Kier alpha value is -3.03. The van der Waals surface area contributed by atoms with Crippen molar-refractivity contribution in [3.05, 3.63) is 102 Å². The third-order valence-electron chi connectivity index (χ3n) is 7.39. The number of carbonyl (C=O) groups excluding carboxylic acids is 2. The zero-order chi connectivity index (χ0) is 24.3. The van der Waals surface area contributed by atoms with E-state index in [0.29, 0.717) is 29.1 Å². The van der Waals surface area contributed by atoms with Gasteiger partial charge in [-0.25, -0.2) is 9.18 Å². The summed E-state index contributed by atoms with van der Waals surface area (Å²) in [5.74, 6) is -0.481. The number of nitrogens with one attached hydrogen (secondary N) is 1. The number of hydrogen-bond acceptors (Lipinski definition) is 4. The van der Waals surface area contributed by atoms with Gasteiger partial charge in [0.2, 0.25) is 5.78 Å². The lowest BCUT2D eigenvalue weighted by atomic mass is 9.82. The van der Waals surface area contributed by atoms with Crippen molar-refractivity contribution in [2.24, 2.45) is 5.92 Å². The molecule has 0 radical (unpaired) electrons. The molecule has 3 fully saturated rings. The highest BCUT2D eigenvalue weighted by Crippen LogP contribution is 2.36. The van der Waals surface area contributed by atoms with Gasteiger partial charge in [0.25, 0.3) is 0 Å². The summed E-state index contributed by atoms with van der Waals surface area (Å²) < 4.78 is 20.4. The summed E-state index contributed by atoms with van der Waals surface area (Å²) in [6.45, 7) is 2.67. The van der Waals surface area contributed by atoms with Gasteiger partial charge in [-0.05, 0) is 29.8 Å². The highest BCUT2D eigenvalue weighted by molar-refractivity contribution is 5.97. The molecule has 188 valence electrons. The van der Waals surface area contributed by atoms with Gasteiger partial charge in [-0.15, -0.1) is 0 Å². The van der Waals surface area contributed by atoms with Gasteiger partial charge in [0.15, 0.2) is 12.1 Å². The number of halogens is 2. The summed E-state index contributed by atoms with van der Waals surface area (Å²) >= 11 is 0. The summed E-state index contributed by atoms with van der Waals surface area (Å²) in [6.07, 6.45) is 1.58. The number of anilines is 1. The zero-order valence-corrected chi connectivity index (χ0v) is 21.6. The molecule has 1 N–H and O–H groups in total. The van der Waals surface area contributed by atoms with Gasteiger partial charge in [-0.3, -0.25) is 4.79 Å². The molecule has 0 saturated carbocycles. The van der Waals surface area contributed by atoms with Gasteiger partial charge in [0.1, 0.15) is 18.9 Å². The predicted molar refractivity (Wildman–Crippen MR) is 132 cm³/mol. The summed E-state index contributed by atoms with van der Waals surface area (Å²) in [6, 6.07) is 24.5. The maximum absolute atomic E-state index is 13.6. The Labute approximate surface area is 221 Å². The van der Waals surface area contributed by atoms with Crippen molar-refractivity contribution in [1.82, 2.24) is 0 Å². The van der Waals surface area contributed by atoms with Crippen LogP contribution in [0.4, 0.5) is 10.1 Å². The first kappa shape index (κ1) is 26.0. The third-order valence-corrected chi connectivity index (χ3v) is 7.39. The van der Waals surface area contributed by atoms with Crippen LogP contribution >= 0.6 is 0 Å². The maximum atomic E-state index is 13.6. The Morgan fingerprint density at radius 2 is 1.61 bits per heavy atom. The van der Waals surface area contributed by atoms with Crippen molar-refractivity contribution < 1.29 is 40.2 Å². The number of nitrogens with zero attached hydrogens (tertiary/aromatic N) is 1. The highest BCUT2D eigenvalue weighted by Gasteiger charge is 2.49. The fraction of sp³-hybridized carbons (Fsp3) is 0.310. The minimum atomic E-state index is -0.628. The number of ketones is 1. The molecule has 3 aliphatic rings. The quantitative estimate of drug-likeness (QED) is 0.264. The van der Waals surface area contributed by atoms with Crippen molar-refractivity contribution in [2.75, 3.05) is 31.5 Å². The standard InChI is InChI=1S/C29H30FN2O3.BrH/c30-24-11-7-10-23(18-24)26(33)19-32-16-14-21(15-17-32)27(20-32)35-29(34)28(22-8-3-1-4-9-22)31-25-12-5-2-6-13-25;/h1-13,18,21,27-28,31H,14-17,19-20H2;1H/q+1;/p-1/t21?,27-,28?,32?;/m0./s1. The molecule has 3 aromatic rings. The second-order valence-corrected chi connectivity index (χ2v) is 9.73. The van der Waals surface area contributed by atoms with Crippen LogP contribution in [0.3, 0.4) is 0 Å². The monoisotopic (exact) mass is 552 g/mol. The smallest absolute Gasteiger partial charge is 0.333 e. The first-order valence-electron chi connectivity index (χ1n) is 12.2. The largest absolute Gasteiger partial charge is 1.00 e. The van der Waals surface area contributed by atoms with Gasteiger partial charge >= 0.3 is 5.97 Å². The predicted octanol–water partition coefficient (Wildman–Crippen LogP) is 2.02. The zero-order valence-electron chi connectivity index (χ0n) is 20.0. The number of ether oxygens (including phenoxy) is 1. The van der Waals surface area contributed by atoms with Gasteiger partial charge in [-0.2, -0.15) is 0 Å². The molecule has 0 aliphatic carbocycles. The van der Waals surface area contributed by atoms with Gasteiger partial charge in [0, 0.05) is 30.0 Å². The summed E-state index contributed by atoms with van der Waals surface area (Å²) in [5, 5.41) is 3.33. The fourth-order valence-electron chi connectivity index (χ4n) is 5.48. The molecule has 2 bridgehead atoms. The van der Waals surface area contributed by atoms with Crippen LogP contribution in [0.15, 0.2) is 84.9 Å². The average molecular weight is 553 g/mol. The lowest BCUT2D eigenvalue weighted by Gasteiger charge is -2.51. The van der Waals surface area contributed by atoms with Crippen LogP contribution in [-0.2, 0) is 9.53 Å². The minimum absolute atomic E-state index is 0. The first-order chi connectivity index (χ1) is 17.0. The molecule has 3 saturated heterocycles. The number of fused-ring (bicyclic) bond motifs is 3. The number of rotatable bonds is 8. The summed E-state index contributed by atoms with van der Waals surface area (Å²) in [5.41, 5.74) is 2.08. The number of quaternary nitrogens is 1. The molecule has 2 atom stereocenters. The van der Waals surface area contributed by atoms with Gasteiger partial charge in [-0.1, -0.05) is 60.7 Å². The van der Waals surface area contributed by atoms with Crippen LogP contribution in [0.1, 0.15) is 34.8 Å². The van der Waals surface area contributed by atoms with E-state index in [1.54, 1.807) is 12.1 Å². The van der Waals surface area contributed by atoms with Crippen molar-refractivity contribution in [1.29, 1.82) is 0 Å². The Bertz CT molecular complexity index is 1180. The number of esters is 1. The number of Topliss-reactive ketones (excluding diaryl/α,β-unsaturated/α-hetero) is 1. The molecule has 7 heteroatoms. The van der Waals surface area contributed by atoms with Gasteiger partial charge < -0.3 is 31.5 Å².